The van der Waals surface area contributed by atoms with Gasteiger partial charge in [0.05, 0.1) is 0 Å². The summed E-state index contributed by atoms with van der Waals surface area (Å²) in [6.07, 6.45) is 20.4. The maximum absolute atomic E-state index is 2.66. The highest BCUT2D eigenvalue weighted by Gasteiger charge is 2.38. The first-order valence-corrected chi connectivity index (χ1v) is 23.1. The summed E-state index contributed by atoms with van der Waals surface area (Å²) < 4.78 is 0. The Morgan fingerprint density at radius 3 is 1.93 bits per heavy atom. The largest absolute Gasteiger partial charge is 0.0957 e. The third-order valence-corrected chi connectivity index (χ3v) is 19.1. The fourth-order valence-corrected chi connectivity index (χ4v) is 15.2. The van der Waals surface area contributed by atoms with Crippen LogP contribution in [0.1, 0.15) is 52.7 Å². The molecule has 0 radical (unpaired) electrons. The Morgan fingerprint density at radius 1 is 0.556 bits per heavy atom. The van der Waals surface area contributed by atoms with Crippen LogP contribution >= 0.6 is 15.8 Å². The second-order valence-corrected chi connectivity index (χ2v) is 23.7. The number of fused-ring (bicyclic) bond motifs is 4. The maximum atomic E-state index is 2.66. The van der Waals surface area contributed by atoms with E-state index in [-0.39, 0.29) is 10.3 Å². The molecule has 2 aliphatic rings. The summed E-state index contributed by atoms with van der Waals surface area (Å²) in [7, 11) is -0.887. The van der Waals surface area contributed by atoms with Gasteiger partial charge in [0.15, 0.2) is 0 Å². The van der Waals surface area contributed by atoms with Crippen LogP contribution in [0.15, 0.2) is 169 Å². The van der Waals surface area contributed by atoms with Crippen molar-refractivity contribution in [3.63, 3.8) is 0 Å². The lowest BCUT2D eigenvalue weighted by Gasteiger charge is -2.44. The van der Waals surface area contributed by atoms with Crippen LogP contribution in [0.3, 0.4) is 0 Å². The standard InChI is InChI=1S/C52H54P2/c1-51(2,3)53(35-45-31-29-41-19-12-14-24-47(41)50(45)48-25-15-22-40-18-11-13-23-46(40)48)36-49(44-30-28-39-17-8-10-21-43(39)33-44)54(52(4,5)6)34-37-26-27-38-16-7-9-20-42(38)32-37/h7-33,39,43,49H,34-36H2,1-6H3/t39?,43?,49-,53-,54-/m0/s1. The van der Waals surface area contributed by atoms with E-state index in [2.05, 4.69) is 205 Å². The zero-order valence-corrected chi connectivity index (χ0v) is 34.6. The van der Waals surface area contributed by atoms with Crippen molar-refractivity contribution in [2.45, 2.75) is 69.8 Å². The second-order valence-electron chi connectivity index (χ2n) is 17.3. The Bertz CT molecular complexity index is 2420. The van der Waals surface area contributed by atoms with Crippen LogP contribution in [0.5, 0.6) is 0 Å². The van der Waals surface area contributed by atoms with Crippen molar-refractivity contribution in [3.05, 3.63) is 181 Å². The fourth-order valence-electron chi connectivity index (χ4n) is 8.66. The molecule has 272 valence electrons. The first-order chi connectivity index (χ1) is 26.0. The van der Waals surface area contributed by atoms with Crippen LogP contribution in [-0.4, -0.2) is 22.1 Å². The predicted molar refractivity (Wildman–Crippen MR) is 243 cm³/mol. The van der Waals surface area contributed by atoms with Crippen molar-refractivity contribution in [3.8, 4) is 11.1 Å². The van der Waals surface area contributed by atoms with Crippen molar-refractivity contribution in [1.29, 1.82) is 0 Å². The van der Waals surface area contributed by atoms with E-state index >= 15 is 0 Å². The second kappa shape index (κ2) is 15.2. The molecule has 0 aromatic heterocycles. The van der Waals surface area contributed by atoms with Gasteiger partial charge in [-0.1, -0.05) is 221 Å². The minimum absolute atomic E-state index is 0.173. The molecule has 0 nitrogen and oxygen atoms in total. The molecule has 2 unspecified atom stereocenters. The van der Waals surface area contributed by atoms with Crippen LogP contribution in [0.2, 0.25) is 0 Å². The molecule has 0 N–H and O–H groups in total. The number of rotatable bonds is 9. The zero-order chi connectivity index (χ0) is 37.5. The van der Waals surface area contributed by atoms with Gasteiger partial charge in [0, 0.05) is 17.5 Å². The summed E-state index contributed by atoms with van der Waals surface area (Å²) in [5, 5.41) is 8.34. The molecule has 2 aliphatic carbocycles. The highest BCUT2D eigenvalue weighted by Crippen LogP contribution is 2.64. The van der Waals surface area contributed by atoms with Crippen molar-refractivity contribution in [2.75, 3.05) is 6.16 Å². The summed E-state index contributed by atoms with van der Waals surface area (Å²) in [6, 6.07) is 45.8. The molecule has 5 atom stereocenters. The lowest BCUT2D eigenvalue weighted by Crippen LogP contribution is -2.29. The number of allylic oxidation sites excluding steroid dienone is 8. The average Bonchev–Trinajstić information content (AvgIpc) is 3.17. The molecule has 6 aromatic carbocycles. The lowest BCUT2D eigenvalue weighted by atomic mass is 9.82. The Hall–Kier alpha value is -4.08. The molecule has 0 aliphatic heterocycles. The number of hydrogen-bond donors (Lipinski definition) is 0. The number of benzene rings is 6. The van der Waals surface area contributed by atoms with Gasteiger partial charge in [-0.2, -0.15) is 0 Å². The third kappa shape index (κ3) is 7.72. The van der Waals surface area contributed by atoms with E-state index in [4.69, 9.17) is 0 Å². The molecule has 0 amide bonds. The van der Waals surface area contributed by atoms with E-state index in [9.17, 15) is 0 Å². The molecule has 54 heavy (non-hydrogen) atoms. The SMILES string of the molecule is CC(C)(C)[P@@](Cc1ccc2ccccc2c1-c1cccc2ccccc12)C[C@@H](C1=CC2C=CC=CC2C=C1)[P@](Cc1ccc2ccccc2c1)C(C)(C)C. The predicted octanol–water partition coefficient (Wildman–Crippen LogP) is 15.3. The molecule has 0 spiro atoms. The first-order valence-electron chi connectivity index (χ1n) is 19.8. The fraction of sp³-hybridized carbons (Fsp3) is 0.269. The van der Waals surface area contributed by atoms with E-state index in [0.717, 1.165) is 12.3 Å². The van der Waals surface area contributed by atoms with Crippen LogP contribution in [-0.2, 0) is 12.3 Å². The minimum Gasteiger partial charge on any atom is -0.0957 e. The topological polar surface area (TPSA) is 0 Å². The van der Waals surface area contributed by atoms with Gasteiger partial charge in [-0.25, -0.2) is 0 Å². The monoisotopic (exact) mass is 740 g/mol. The van der Waals surface area contributed by atoms with Gasteiger partial charge in [0.2, 0.25) is 0 Å². The molecular weight excluding hydrogens is 687 g/mol. The Balaban J connectivity index is 1.24. The van der Waals surface area contributed by atoms with Crippen molar-refractivity contribution in [2.24, 2.45) is 11.8 Å². The summed E-state index contributed by atoms with van der Waals surface area (Å²) in [5.41, 5.74) is 7.82. The van der Waals surface area contributed by atoms with Gasteiger partial charge in [-0.3, -0.25) is 0 Å². The van der Waals surface area contributed by atoms with Crippen LogP contribution in [0.25, 0.3) is 43.4 Å². The molecule has 6 aromatic rings. The Morgan fingerprint density at radius 2 is 1.19 bits per heavy atom. The maximum Gasteiger partial charge on any atom is 0.00859 e. The summed E-state index contributed by atoms with van der Waals surface area (Å²) in [4.78, 5) is 0. The summed E-state index contributed by atoms with van der Waals surface area (Å²) >= 11 is 0. The molecule has 0 fully saturated rings. The van der Waals surface area contributed by atoms with E-state index in [1.807, 2.05) is 0 Å². The molecule has 8 rings (SSSR count). The molecule has 0 bridgehead atoms. The molecule has 2 heteroatoms. The smallest absolute Gasteiger partial charge is 0.00859 e. The van der Waals surface area contributed by atoms with Gasteiger partial charge in [-0.05, 0) is 88.9 Å². The van der Waals surface area contributed by atoms with E-state index in [1.165, 1.54) is 60.7 Å². The van der Waals surface area contributed by atoms with Crippen molar-refractivity contribution >= 4 is 48.2 Å². The van der Waals surface area contributed by atoms with Crippen LogP contribution < -0.4 is 0 Å². The molecule has 0 saturated carbocycles. The lowest BCUT2D eigenvalue weighted by molar-refractivity contribution is 0.650. The van der Waals surface area contributed by atoms with Crippen LogP contribution in [0, 0.1) is 11.8 Å². The minimum atomic E-state index is -0.447. The molecule has 0 saturated heterocycles. The average molecular weight is 741 g/mol. The highest BCUT2D eigenvalue weighted by molar-refractivity contribution is 7.63. The first kappa shape index (κ1) is 36.9. The van der Waals surface area contributed by atoms with E-state index in [0.29, 0.717) is 17.5 Å². The Labute approximate surface area is 326 Å². The van der Waals surface area contributed by atoms with E-state index < -0.39 is 15.8 Å². The van der Waals surface area contributed by atoms with Gasteiger partial charge < -0.3 is 0 Å². The summed E-state index contributed by atoms with van der Waals surface area (Å²) in [6.45, 7) is 15.1. The highest BCUT2D eigenvalue weighted by atomic mass is 31.1. The van der Waals surface area contributed by atoms with Gasteiger partial charge in [0.25, 0.3) is 0 Å². The molecule has 0 heterocycles. The van der Waals surface area contributed by atoms with Gasteiger partial charge >= 0.3 is 0 Å². The zero-order valence-electron chi connectivity index (χ0n) is 32.8. The van der Waals surface area contributed by atoms with Crippen molar-refractivity contribution in [1.82, 2.24) is 0 Å². The quantitative estimate of drug-likeness (QED) is 0.130. The third-order valence-electron chi connectivity index (χ3n) is 11.7. The van der Waals surface area contributed by atoms with Crippen LogP contribution in [0.4, 0.5) is 0 Å². The van der Waals surface area contributed by atoms with Crippen molar-refractivity contribution < 1.29 is 0 Å². The van der Waals surface area contributed by atoms with Gasteiger partial charge in [-0.15, -0.1) is 0 Å². The Kier molecular flexibility index (Phi) is 10.4. The van der Waals surface area contributed by atoms with Gasteiger partial charge in [0.1, 0.15) is 0 Å². The molecular formula is C52H54P2. The normalized spacial score (nSPS) is 18.8. The number of hydrogen-bond acceptors (Lipinski definition) is 0. The van der Waals surface area contributed by atoms with E-state index in [1.54, 1.807) is 5.57 Å². The summed E-state index contributed by atoms with van der Waals surface area (Å²) in [5.74, 6) is 0.903.